The Morgan fingerprint density at radius 1 is 1.80 bits per heavy atom. The highest BCUT2D eigenvalue weighted by molar-refractivity contribution is 6.18. The summed E-state index contributed by atoms with van der Waals surface area (Å²) in [5.74, 6) is 0.962. The Labute approximate surface area is 64.8 Å². The van der Waals surface area contributed by atoms with Crippen molar-refractivity contribution in [3.8, 4) is 0 Å². The number of hydrogen-bond acceptors (Lipinski definition) is 2. The van der Waals surface area contributed by atoms with Gasteiger partial charge in [-0.15, -0.1) is 11.6 Å². The van der Waals surface area contributed by atoms with Gasteiger partial charge in [0.1, 0.15) is 0 Å². The predicted molar refractivity (Wildman–Crippen MR) is 40.1 cm³/mol. The van der Waals surface area contributed by atoms with Gasteiger partial charge < -0.3 is 0 Å². The molecule has 1 unspecified atom stereocenters. The molecule has 1 N–H and O–H groups in total. The Hall–Kier alpha value is -0.570. The third-order valence-corrected chi connectivity index (χ3v) is 1.90. The topological polar surface area (TPSA) is 41.6 Å². The van der Waals surface area contributed by atoms with E-state index in [0.29, 0.717) is 11.8 Å². The highest BCUT2D eigenvalue weighted by Gasteiger charge is 2.09. The molecule has 1 heterocycles. The molecular formula is C6H10ClN3. The van der Waals surface area contributed by atoms with Gasteiger partial charge in [-0.25, -0.2) is 0 Å². The number of aromatic amines is 1. The number of nitrogens with one attached hydrogen (secondary N) is 1. The van der Waals surface area contributed by atoms with Gasteiger partial charge in [-0.1, -0.05) is 6.92 Å². The molecule has 4 heteroatoms. The molecule has 1 atom stereocenters. The zero-order valence-corrected chi connectivity index (χ0v) is 6.60. The molecule has 0 spiro atoms. The van der Waals surface area contributed by atoms with Gasteiger partial charge in [-0.2, -0.15) is 15.4 Å². The van der Waals surface area contributed by atoms with Crippen molar-refractivity contribution in [2.75, 3.05) is 5.88 Å². The third kappa shape index (κ3) is 1.48. The fourth-order valence-electron chi connectivity index (χ4n) is 0.804. The Balaban J connectivity index is 2.64. The van der Waals surface area contributed by atoms with E-state index in [2.05, 4.69) is 22.3 Å². The van der Waals surface area contributed by atoms with E-state index in [0.717, 1.165) is 12.1 Å². The van der Waals surface area contributed by atoms with Crippen LogP contribution >= 0.6 is 11.6 Å². The summed E-state index contributed by atoms with van der Waals surface area (Å²) < 4.78 is 0. The van der Waals surface area contributed by atoms with Crippen LogP contribution in [0.3, 0.4) is 0 Å². The van der Waals surface area contributed by atoms with E-state index in [-0.39, 0.29) is 0 Å². The van der Waals surface area contributed by atoms with E-state index in [1.807, 2.05) is 0 Å². The molecule has 1 rings (SSSR count). The number of H-pyrrole nitrogens is 1. The SMILES string of the molecule is CCC(CCl)c1cn[nH]n1. The molecular weight excluding hydrogens is 150 g/mol. The van der Waals surface area contributed by atoms with E-state index in [1.54, 1.807) is 6.20 Å². The van der Waals surface area contributed by atoms with Crippen LogP contribution < -0.4 is 0 Å². The largest absolute Gasteiger partial charge is 0.198 e. The maximum absolute atomic E-state index is 5.68. The predicted octanol–water partition coefficient (Wildman–Crippen LogP) is 1.54. The average molecular weight is 160 g/mol. The van der Waals surface area contributed by atoms with Crippen LogP contribution in [0.1, 0.15) is 25.0 Å². The molecule has 0 bridgehead atoms. The molecule has 0 fully saturated rings. The van der Waals surface area contributed by atoms with Crippen LogP contribution in [0.5, 0.6) is 0 Å². The van der Waals surface area contributed by atoms with Crippen LogP contribution in [0.15, 0.2) is 6.20 Å². The molecule has 0 saturated heterocycles. The first-order chi connectivity index (χ1) is 4.88. The van der Waals surface area contributed by atoms with Crippen molar-refractivity contribution in [2.45, 2.75) is 19.3 Å². The number of nitrogens with zero attached hydrogens (tertiary/aromatic N) is 2. The van der Waals surface area contributed by atoms with Crippen LogP contribution in [-0.4, -0.2) is 21.3 Å². The van der Waals surface area contributed by atoms with Crippen molar-refractivity contribution in [3.05, 3.63) is 11.9 Å². The number of hydrogen-bond donors (Lipinski definition) is 1. The molecule has 0 saturated carbocycles. The van der Waals surface area contributed by atoms with Crippen LogP contribution in [0.25, 0.3) is 0 Å². The summed E-state index contributed by atoms with van der Waals surface area (Å²) in [4.78, 5) is 0. The van der Waals surface area contributed by atoms with Gasteiger partial charge in [-0.3, -0.25) is 0 Å². The van der Waals surface area contributed by atoms with Crippen LogP contribution in [0.4, 0.5) is 0 Å². The Morgan fingerprint density at radius 2 is 2.60 bits per heavy atom. The molecule has 56 valence electrons. The molecule has 0 aliphatic rings. The summed E-state index contributed by atoms with van der Waals surface area (Å²) in [5.41, 5.74) is 0.956. The Morgan fingerprint density at radius 3 is 3.00 bits per heavy atom. The molecule has 0 radical (unpaired) electrons. The van der Waals surface area contributed by atoms with E-state index in [1.165, 1.54) is 0 Å². The maximum Gasteiger partial charge on any atom is 0.0867 e. The Bertz CT molecular complexity index is 169. The molecule has 1 aromatic rings. The highest BCUT2D eigenvalue weighted by Crippen LogP contribution is 2.16. The lowest BCUT2D eigenvalue weighted by Crippen LogP contribution is -1.98. The van der Waals surface area contributed by atoms with Gasteiger partial charge in [0, 0.05) is 11.8 Å². The maximum atomic E-state index is 5.68. The zero-order chi connectivity index (χ0) is 7.40. The lowest BCUT2D eigenvalue weighted by atomic mass is 10.1. The second-order valence-electron chi connectivity index (χ2n) is 2.15. The fourth-order valence-corrected chi connectivity index (χ4v) is 1.18. The van der Waals surface area contributed by atoms with Gasteiger partial charge in [0.05, 0.1) is 11.9 Å². The Kier molecular flexibility index (Phi) is 2.68. The average Bonchev–Trinajstić information content (AvgIpc) is 2.43. The monoisotopic (exact) mass is 159 g/mol. The normalized spacial score (nSPS) is 13.4. The summed E-state index contributed by atoms with van der Waals surface area (Å²) in [6.07, 6.45) is 2.73. The quantitative estimate of drug-likeness (QED) is 0.680. The van der Waals surface area contributed by atoms with Crippen molar-refractivity contribution in [2.24, 2.45) is 0 Å². The third-order valence-electron chi connectivity index (χ3n) is 1.53. The van der Waals surface area contributed by atoms with Gasteiger partial charge in [0.15, 0.2) is 0 Å². The van der Waals surface area contributed by atoms with Crippen molar-refractivity contribution in [3.63, 3.8) is 0 Å². The van der Waals surface area contributed by atoms with Crippen LogP contribution in [0.2, 0.25) is 0 Å². The van der Waals surface area contributed by atoms with E-state index in [4.69, 9.17) is 11.6 Å². The first-order valence-electron chi connectivity index (χ1n) is 3.30. The minimum atomic E-state index is 0.348. The molecule has 1 aromatic heterocycles. The molecule has 0 aliphatic carbocycles. The molecule has 10 heavy (non-hydrogen) atoms. The summed E-state index contributed by atoms with van der Waals surface area (Å²) in [6.45, 7) is 2.09. The molecule has 3 nitrogen and oxygen atoms in total. The van der Waals surface area contributed by atoms with Crippen molar-refractivity contribution in [1.82, 2.24) is 15.4 Å². The summed E-state index contributed by atoms with van der Waals surface area (Å²) in [6, 6.07) is 0. The van der Waals surface area contributed by atoms with Gasteiger partial charge in [-0.05, 0) is 6.42 Å². The van der Waals surface area contributed by atoms with E-state index >= 15 is 0 Å². The molecule has 0 amide bonds. The molecule has 0 aromatic carbocycles. The van der Waals surface area contributed by atoms with Crippen LogP contribution in [-0.2, 0) is 0 Å². The highest BCUT2D eigenvalue weighted by atomic mass is 35.5. The van der Waals surface area contributed by atoms with E-state index in [9.17, 15) is 0 Å². The smallest absolute Gasteiger partial charge is 0.0867 e. The minimum absolute atomic E-state index is 0.348. The summed E-state index contributed by atoms with van der Waals surface area (Å²) in [7, 11) is 0. The van der Waals surface area contributed by atoms with Crippen molar-refractivity contribution < 1.29 is 0 Å². The minimum Gasteiger partial charge on any atom is -0.198 e. The second kappa shape index (κ2) is 3.56. The molecule has 0 aliphatic heterocycles. The summed E-state index contributed by atoms with van der Waals surface area (Å²) >= 11 is 5.68. The lowest BCUT2D eigenvalue weighted by molar-refractivity contribution is 0.709. The number of aromatic nitrogens is 3. The van der Waals surface area contributed by atoms with Crippen LogP contribution in [0, 0.1) is 0 Å². The number of halogens is 1. The first-order valence-corrected chi connectivity index (χ1v) is 3.83. The standard InChI is InChI=1S/C6H10ClN3/c1-2-5(3-7)6-4-8-10-9-6/h4-5H,2-3H2,1H3,(H,8,9,10). The number of alkyl halides is 1. The second-order valence-corrected chi connectivity index (χ2v) is 2.46. The van der Waals surface area contributed by atoms with Gasteiger partial charge in [0.25, 0.3) is 0 Å². The fraction of sp³-hybridized carbons (Fsp3) is 0.667. The van der Waals surface area contributed by atoms with Crippen molar-refractivity contribution >= 4 is 11.6 Å². The summed E-state index contributed by atoms with van der Waals surface area (Å²) in [5, 5.41) is 10.2. The van der Waals surface area contributed by atoms with Gasteiger partial charge in [0.2, 0.25) is 0 Å². The lowest BCUT2D eigenvalue weighted by Gasteiger charge is -2.04. The van der Waals surface area contributed by atoms with E-state index < -0.39 is 0 Å². The number of rotatable bonds is 3. The van der Waals surface area contributed by atoms with Crippen molar-refractivity contribution in [1.29, 1.82) is 0 Å². The zero-order valence-electron chi connectivity index (χ0n) is 5.84. The first kappa shape index (κ1) is 7.54. The van der Waals surface area contributed by atoms with Gasteiger partial charge >= 0.3 is 0 Å².